The summed E-state index contributed by atoms with van der Waals surface area (Å²) < 4.78 is 42.5. The monoisotopic (exact) mass is 371 g/mol. The first kappa shape index (κ1) is 17.2. The molecule has 1 atom stereocenters. The molecule has 7 heteroatoms. The van der Waals surface area contributed by atoms with E-state index < -0.39 is 17.6 Å². The van der Waals surface area contributed by atoms with E-state index in [2.05, 4.69) is 5.16 Å². The van der Waals surface area contributed by atoms with Gasteiger partial charge in [-0.25, -0.2) is 13.6 Å². The molecule has 0 fully saturated rings. The van der Waals surface area contributed by atoms with Gasteiger partial charge in [-0.15, -0.1) is 0 Å². The van der Waals surface area contributed by atoms with Crippen molar-refractivity contribution >= 4 is 5.97 Å². The van der Waals surface area contributed by atoms with E-state index in [1.165, 1.54) is 0 Å². The van der Waals surface area contributed by atoms with Crippen molar-refractivity contribution in [2.45, 2.75) is 26.1 Å². The van der Waals surface area contributed by atoms with Crippen LogP contribution in [0, 0.1) is 11.6 Å². The molecule has 4 rings (SSSR count). The Hall–Kier alpha value is -3.22. The lowest BCUT2D eigenvalue weighted by Gasteiger charge is -2.03. The zero-order chi connectivity index (χ0) is 19.0. The molecule has 2 aromatic carbocycles. The Morgan fingerprint density at radius 2 is 2.07 bits per heavy atom. The van der Waals surface area contributed by atoms with Crippen molar-refractivity contribution in [1.29, 1.82) is 0 Å². The van der Waals surface area contributed by atoms with Gasteiger partial charge in [-0.05, 0) is 42.8 Å². The third-order valence-corrected chi connectivity index (χ3v) is 4.24. The van der Waals surface area contributed by atoms with Crippen LogP contribution in [0.25, 0.3) is 11.3 Å². The van der Waals surface area contributed by atoms with Gasteiger partial charge in [-0.3, -0.25) is 0 Å². The molecule has 0 spiro atoms. The maximum atomic E-state index is 13.6. The van der Waals surface area contributed by atoms with Crippen molar-refractivity contribution in [2.24, 2.45) is 0 Å². The summed E-state index contributed by atoms with van der Waals surface area (Å²) in [4.78, 5) is 11.9. The average molecular weight is 371 g/mol. The van der Waals surface area contributed by atoms with E-state index in [4.69, 9.17) is 14.0 Å². The predicted octanol–water partition coefficient (Wildman–Crippen LogP) is 4.30. The number of hydrogen-bond acceptors (Lipinski definition) is 5. The number of ether oxygens (including phenoxy) is 2. The van der Waals surface area contributed by atoms with Gasteiger partial charge >= 0.3 is 5.97 Å². The Morgan fingerprint density at radius 1 is 1.22 bits per heavy atom. The highest BCUT2D eigenvalue weighted by molar-refractivity contribution is 5.89. The molecule has 0 radical (unpaired) electrons. The number of carbonyl (C=O) groups excluding carboxylic acids is 1. The Balaban J connectivity index is 1.44. The van der Waals surface area contributed by atoms with Crippen LogP contribution < -0.4 is 4.74 Å². The highest BCUT2D eigenvalue weighted by atomic mass is 19.1. The summed E-state index contributed by atoms with van der Waals surface area (Å²) in [5.41, 5.74) is 1.97. The lowest BCUT2D eigenvalue weighted by Crippen LogP contribution is -2.08. The molecule has 5 nitrogen and oxygen atoms in total. The van der Waals surface area contributed by atoms with Gasteiger partial charge < -0.3 is 14.0 Å². The van der Waals surface area contributed by atoms with Crippen LogP contribution in [0.15, 0.2) is 47.0 Å². The molecular formula is C20H15F2NO4. The quantitative estimate of drug-likeness (QED) is 0.640. The minimum absolute atomic E-state index is 0.145. The highest BCUT2D eigenvalue weighted by Crippen LogP contribution is 2.33. The van der Waals surface area contributed by atoms with Gasteiger partial charge in [0.05, 0.1) is 5.56 Å². The molecule has 0 bridgehead atoms. The molecule has 0 N–H and O–H groups in total. The van der Waals surface area contributed by atoms with Crippen molar-refractivity contribution in [3.63, 3.8) is 0 Å². The molecule has 0 saturated heterocycles. The largest absolute Gasteiger partial charge is 0.490 e. The van der Waals surface area contributed by atoms with Gasteiger partial charge in [0, 0.05) is 24.1 Å². The van der Waals surface area contributed by atoms with Gasteiger partial charge in [-0.2, -0.15) is 0 Å². The summed E-state index contributed by atoms with van der Waals surface area (Å²) in [7, 11) is 0. The minimum atomic E-state index is -0.976. The van der Waals surface area contributed by atoms with Gasteiger partial charge in [0.25, 0.3) is 0 Å². The van der Waals surface area contributed by atoms with Crippen LogP contribution in [0.3, 0.4) is 0 Å². The first-order chi connectivity index (χ1) is 13.0. The second-order valence-electron chi connectivity index (χ2n) is 6.34. The molecule has 0 amide bonds. The third kappa shape index (κ3) is 3.53. The molecule has 27 heavy (non-hydrogen) atoms. The molecule has 1 aliphatic rings. The van der Waals surface area contributed by atoms with Crippen molar-refractivity contribution < 1.29 is 27.6 Å². The van der Waals surface area contributed by atoms with E-state index >= 15 is 0 Å². The first-order valence-electron chi connectivity index (χ1n) is 8.37. The lowest BCUT2D eigenvalue weighted by molar-refractivity contribution is 0.0459. The number of fused-ring (bicyclic) bond motifs is 1. The average Bonchev–Trinajstić information content (AvgIpc) is 3.24. The fourth-order valence-electron chi connectivity index (χ4n) is 2.96. The summed E-state index contributed by atoms with van der Waals surface area (Å²) in [6.45, 7) is 1.81. The van der Waals surface area contributed by atoms with Crippen molar-refractivity contribution in [1.82, 2.24) is 5.16 Å². The number of carbonyl (C=O) groups is 1. The van der Waals surface area contributed by atoms with Crippen molar-refractivity contribution in [2.75, 3.05) is 0 Å². The van der Waals surface area contributed by atoms with Crippen molar-refractivity contribution in [3.8, 4) is 17.1 Å². The fraction of sp³-hybridized carbons (Fsp3) is 0.200. The van der Waals surface area contributed by atoms with Gasteiger partial charge in [0.1, 0.15) is 35.8 Å². The first-order valence-corrected chi connectivity index (χ1v) is 8.37. The summed E-state index contributed by atoms with van der Waals surface area (Å²) in [5.74, 6) is -1.26. The minimum Gasteiger partial charge on any atom is -0.490 e. The Kier molecular flexibility index (Phi) is 4.35. The standard InChI is InChI=1S/C20H15F2NO4/c1-11-6-13-7-12(2-5-18(13)26-11)19-9-15(23-27-19)10-25-20(24)16-4-3-14(21)8-17(16)22/h2-5,7-9,11H,6,10H2,1H3. The number of benzene rings is 2. The zero-order valence-electron chi connectivity index (χ0n) is 14.4. The van der Waals surface area contributed by atoms with Crippen LogP contribution in [0.5, 0.6) is 5.75 Å². The lowest BCUT2D eigenvalue weighted by atomic mass is 10.1. The summed E-state index contributed by atoms with van der Waals surface area (Å²) in [6.07, 6.45) is 0.970. The number of hydrogen-bond donors (Lipinski definition) is 0. The molecule has 3 aromatic rings. The maximum Gasteiger partial charge on any atom is 0.341 e. The maximum absolute atomic E-state index is 13.6. The molecule has 1 unspecified atom stereocenters. The smallest absolute Gasteiger partial charge is 0.341 e. The molecule has 2 heterocycles. The Morgan fingerprint density at radius 3 is 2.89 bits per heavy atom. The van der Waals surface area contributed by atoms with Gasteiger partial charge in [0.15, 0.2) is 5.76 Å². The molecular weight excluding hydrogens is 356 g/mol. The van der Waals surface area contributed by atoms with E-state index in [1.807, 2.05) is 25.1 Å². The second kappa shape index (κ2) is 6.83. The number of rotatable bonds is 4. The van der Waals surface area contributed by atoms with Gasteiger partial charge in [-0.1, -0.05) is 5.16 Å². The second-order valence-corrected chi connectivity index (χ2v) is 6.34. The van der Waals surface area contributed by atoms with Crippen LogP contribution in [-0.2, 0) is 17.8 Å². The summed E-state index contributed by atoms with van der Waals surface area (Å²) in [5, 5.41) is 3.87. The number of halogens is 2. The van der Waals surface area contributed by atoms with Crippen LogP contribution >= 0.6 is 0 Å². The van der Waals surface area contributed by atoms with Crippen LogP contribution in [0.1, 0.15) is 28.5 Å². The van der Waals surface area contributed by atoms with Crippen molar-refractivity contribution in [3.05, 3.63) is 70.9 Å². The highest BCUT2D eigenvalue weighted by Gasteiger charge is 2.20. The molecule has 1 aromatic heterocycles. The predicted molar refractivity (Wildman–Crippen MR) is 91.2 cm³/mol. The van der Waals surface area contributed by atoms with E-state index in [0.29, 0.717) is 17.5 Å². The van der Waals surface area contributed by atoms with E-state index in [0.717, 1.165) is 35.4 Å². The SMILES string of the molecule is CC1Cc2cc(-c3cc(COC(=O)c4ccc(F)cc4F)no3)ccc2O1. The molecule has 0 saturated carbocycles. The van der Waals surface area contributed by atoms with Gasteiger partial charge in [0.2, 0.25) is 0 Å². The topological polar surface area (TPSA) is 61.6 Å². The van der Waals surface area contributed by atoms with E-state index in [9.17, 15) is 13.6 Å². The fourth-order valence-corrected chi connectivity index (χ4v) is 2.96. The Labute approximate surface area is 153 Å². The summed E-state index contributed by atoms with van der Waals surface area (Å²) >= 11 is 0. The molecule has 1 aliphatic heterocycles. The molecule has 138 valence electrons. The van der Waals surface area contributed by atoms with E-state index in [1.54, 1.807) is 6.07 Å². The summed E-state index contributed by atoms with van der Waals surface area (Å²) in [6, 6.07) is 10.0. The normalized spacial score (nSPS) is 15.3. The molecule has 0 aliphatic carbocycles. The zero-order valence-corrected chi connectivity index (χ0v) is 14.4. The number of aromatic nitrogens is 1. The number of nitrogens with zero attached hydrogens (tertiary/aromatic N) is 1. The van der Waals surface area contributed by atoms with Crippen LogP contribution in [0.2, 0.25) is 0 Å². The Bertz CT molecular complexity index is 1010. The van der Waals surface area contributed by atoms with Crippen LogP contribution in [-0.4, -0.2) is 17.2 Å². The third-order valence-electron chi connectivity index (χ3n) is 4.24. The van der Waals surface area contributed by atoms with Crippen LogP contribution in [0.4, 0.5) is 8.78 Å². The number of esters is 1. The van der Waals surface area contributed by atoms with E-state index in [-0.39, 0.29) is 18.3 Å².